The number of aromatic nitrogens is 3. The van der Waals surface area contributed by atoms with Gasteiger partial charge in [0.1, 0.15) is 0 Å². The third-order valence-electron chi connectivity index (χ3n) is 3.60. The summed E-state index contributed by atoms with van der Waals surface area (Å²) in [4.78, 5) is 12.5. The van der Waals surface area contributed by atoms with Gasteiger partial charge in [-0.25, -0.2) is 4.68 Å². The number of rotatable bonds is 5. The smallest absolute Gasteiger partial charge is 0.237 e. The van der Waals surface area contributed by atoms with E-state index in [9.17, 15) is 4.79 Å². The SMILES string of the molecule is CC(Sc1nnc(-c2ccccc2)n1N)C(=O)Nc1c(Cl)cc(Cl)cc1Cl. The molecule has 1 amide bonds. The summed E-state index contributed by atoms with van der Waals surface area (Å²) in [7, 11) is 0. The maximum atomic E-state index is 12.5. The summed E-state index contributed by atoms with van der Waals surface area (Å²) in [5.74, 6) is 6.28. The molecule has 0 aliphatic heterocycles. The fourth-order valence-corrected chi connectivity index (χ4v) is 3.92. The molecular formula is C17H14Cl3N5OS. The van der Waals surface area contributed by atoms with Crippen LogP contribution < -0.4 is 11.2 Å². The number of thioether (sulfide) groups is 1. The second kappa shape index (κ2) is 8.39. The van der Waals surface area contributed by atoms with Crippen LogP contribution in [-0.2, 0) is 4.79 Å². The molecule has 27 heavy (non-hydrogen) atoms. The van der Waals surface area contributed by atoms with Crippen LogP contribution in [0, 0.1) is 0 Å². The number of nitrogens with one attached hydrogen (secondary N) is 1. The van der Waals surface area contributed by atoms with Crippen LogP contribution in [0.4, 0.5) is 5.69 Å². The van der Waals surface area contributed by atoms with E-state index in [1.54, 1.807) is 6.92 Å². The van der Waals surface area contributed by atoms with Crippen molar-refractivity contribution in [2.75, 3.05) is 11.2 Å². The number of nitrogens with zero attached hydrogens (tertiary/aromatic N) is 3. The van der Waals surface area contributed by atoms with Crippen LogP contribution in [0.1, 0.15) is 6.92 Å². The second-order valence-electron chi connectivity index (χ2n) is 5.54. The Bertz CT molecular complexity index is 957. The first-order valence-electron chi connectivity index (χ1n) is 7.74. The molecule has 0 aliphatic rings. The fraction of sp³-hybridized carbons (Fsp3) is 0.118. The number of benzene rings is 2. The van der Waals surface area contributed by atoms with E-state index >= 15 is 0 Å². The maximum absolute atomic E-state index is 12.5. The molecule has 1 aromatic heterocycles. The van der Waals surface area contributed by atoms with Crippen molar-refractivity contribution in [3.63, 3.8) is 0 Å². The average Bonchev–Trinajstić information content (AvgIpc) is 2.99. The summed E-state index contributed by atoms with van der Waals surface area (Å²) in [5, 5.41) is 11.6. The first-order chi connectivity index (χ1) is 12.9. The molecule has 0 spiro atoms. The minimum Gasteiger partial charge on any atom is -0.335 e. The molecule has 0 radical (unpaired) electrons. The van der Waals surface area contributed by atoms with E-state index in [0.717, 1.165) is 5.56 Å². The summed E-state index contributed by atoms with van der Waals surface area (Å²) in [6.45, 7) is 1.72. The molecule has 10 heteroatoms. The van der Waals surface area contributed by atoms with Crippen molar-refractivity contribution in [3.8, 4) is 11.4 Å². The zero-order valence-electron chi connectivity index (χ0n) is 14.0. The number of halogens is 3. The van der Waals surface area contributed by atoms with Crippen molar-refractivity contribution in [2.24, 2.45) is 0 Å². The molecule has 0 saturated carbocycles. The molecule has 3 N–H and O–H groups in total. The van der Waals surface area contributed by atoms with Gasteiger partial charge in [-0.2, -0.15) is 0 Å². The second-order valence-corrected chi connectivity index (χ2v) is 8.09. The van der Waals surface area contributed by atoms with E-state index < -0.39 is 5.25 Å². The van der Waals surface area contributed by atoms with Crippen molar-refractivity contribution in [3.05, 3.63) is 57.5 Å². The van der Waals surface area contributed by atoms with Gasteiger partial charge >= 0.3 is 0 Å². The van der Waals surface area contributed by atoms with E-state index in [-0.39, 0.29) is 16.0 Å². The van der Waals surface area contributed by atoms with Gasteiger partial charge in [0.15, 0.2) is 5.82 Å². The van der Waals surface area contributed by atoms with E-state index in [1.165, 1.54) is 28.6 Å². The quantitative estimate of drug-likeness (QED) is 0.440. The minimum atomic E-state index is -0.525. The van der Waals surface area contributed by atoms with Gasteiger partial charge in [0, 0.05) is 10.6 Å². The summed E-state index contributed by atoms with van der Waals surface area (Å²) in [6, 6.07) is 12.4. The fourth-order valence-electron chi connectivity index (χ4n) is 2.24. The van der Waals surface area contributed by atoms with Crippen LogP contribution in [0.2, 0.25) is 15.1 Å². The number of hydrogen-bond donors (Lipinski definition) is 2. The van der Waals surface area contributed by atoms with Crippen molar-refractivity contribution in [1.82, 2.24) is 14.9 Å². The van der Waals surface area contributed by atoms with E-state index in [2.05, 4.69) is 15.5 Å². The summed E-state index contributed by atoms with van der Waals surface area (Å²) in [6.07, 6.45) is 0. The van der Waals surface area contributed by atoms with Crippen molar-refractivity contribution in [1.29, 1.82) is 0 Å². The lowest BCUT2D eigenvalue weighted by Gasteiger charge is -2.14. The molecule has 0 fully saturated rings. The molecule has 1 atom stereocenters. The van der Waals surface area contributed by atoms with Gasteiger partial charge < -0.3 is 11.2 Å². The first-order valence-corrected chi connectivity index (χ1v) is 9.76. The standard InChI is InChI=1S/C17H14Cl3N5OS/c1-9(16(26)22-14-12(19)7-11(18)8-13(14)20)27-17-24-23-15(25(17)21)10-5-3-2-4-6-10/h2-9H,21H2,1H3,(H,22,26). The van der Waals surface area contributed by atoms with Gasteiger partial charge in [0.2, 0.25) is 11.1 Å². The molecule has 0 saturated heterocycles. The van der Waals surface area contributed by atoms with Crippen LogP contribution in [0.5, 0.6) is 0 Å². The van der Waals surface area contributed by atoms with Gasteiger partial charge in [-0.05, 0) is 19.1 Å². The van der Waals surface area contributed by atoms with E-state index in [4.69, 9.17) is 40.6 Å². The lowest BCUT2D eigenvalue weighted by Crippen LogP contribution is -2.24. The molecule has 0 aliphatic carbocycles. The normalized spacial score (nSPS) is 12.0. The highest BCUT2D eigenvalue weighted by Gasteiger charge is 2.21. The van der Waals surface area contributed by atoms with Gasteiger partial charge in [0.05, 0.1) is 21.0 Å². The molecule has 3 aromatic rings. The van der Waals surface area contributed by atoms with E-state index in [1.807, 2.05) is 30.3 Å². The maximum Gasteiger partial charge on any atom is 0.237 e. The third kappa shape index (κ3) is 4.50. The van der Waals surface area contributed by atoms with Crippen LogP contribution in [0.3, 0.4) is 0 Å². The van der Waals surface area contributed by atoms with Gasteiger partial charge in [-0.15, -0.1) is 10.2 Å². The Morgan fingerprint density at radius 3 is 2.41 bits per heavy atom. The number of carbonyl (C=O) groups excluding carboxylic acids is 1. The van der Waals surface area contributed by atoms with E-state index in [0.29, 0.717) is 21.7 Å². The Kier molecular flexibility index (Phi) is 6.16. The van der Waals surface area contributed by atoms with Gasteiger partial charge in [0.25, 0.3) is 0 Å². The topological polar surface area (TPSA) is 85.8 Å². The zero-order chi connectivity index (χ0) is 19.6. The summed E-state index contributed by atoms with van der Waals surface area (Å²) < 4.78 is 1.35. The monoisotopic (exact) mass is 441 g/mol. The highest BCUT2D eigenvalue weighted by Crippen LogP contribution is 2.34. The molecule has 1 heterocycles. The average molecular weight is 443 g/mol. The lowest BCUT2D eigenvalue weighted by atomic mass is 10.2. The Morgan fingerprint density at radius 2 is 1.78 bits per heavy atom. The van der Waals surface area contributed by atoms with Crippen LogP contribution >= 0.6 is 46.6 Å². The van der Waals surface area contributed by atoms with Crippen LogP contribution in [0.15, 0.2) is 47.6 Å². The van der Waals surface area contributed by atoms with Crippen molar-refractivity contribution in [2.45, 2.75) is 17.3 Å². The largest absolute Gasteiger partial charge is 0.335 e. The Hall–Kier alpha value is -1.93. The predicted octanol–water partition coefficient (Wildman–Crippen LogP) is 4.74. The number of hydrogen-bond acceptors (Lipinski definition) is 5. The summed E-state index contributed by atoms with van der Waals surface area (Å²) in [5.41, 5.74) is 1.13. The van der Waals surface area contributed by atoms with Crippen LogP contribution in [-0.4, -0.2) is 26.0 Å². The Balaban J connectivity index is 1.73. The van der Waals surface area contributed by atoms with Crippen LogP contribution in [0.25, 0.3) is 11.4 Å². The van der Waals surface area contributed by atoms with Crippen molar-refractivity contribution < 1.29 is 4.79 Å². The third-order valence-corrected chi connectivity index (χ3v) is 5.47. The lowest BCUT2D eigenvalue weighted by molar-refractivity contribution is -0.115. The Labute approximate surface area is 175 Å². The first kappa shape index (κ1) is 19.8. The number of carbonyl (C=O) groups is 1. The molecular weight excluding hydrogens is 429 g/mol. The molecule has 6 nitrogen and oxygen atoms in total. The number of anilines is 1. The number of amides is 1. The van der Waals surface area contributed by atoms with Crippen molar-refractivity contribution >= 4 is 58.2 Å². The number of nitrogens with two attached hydrogens (primary N) is 1. The molecule has 140 valence electrons. The van der Waals surface area contributed by atoms with Gasteiger partial charge in [-0.3, -0.25) is 4.79 Å². The Morgan fingerprint density at radius 1 is 1.15 bits per heavy atom. The summed E-state index contributed by atoms with van der Waals surface area (Å²) >= 11 is 19.3. The minimum absolute atomic E-state index is 0.256. The molecule has 0 bridgehead atoms. The molecule has 1 unspecified atom stereocenters. The molecule has 3 rings (SSSR count). The number of nitrogen functional groups attached to an aromatic ring is 1. The highest BCUT2D eigenvalue weighted by molar-refractivity contribution is 8.00. The highest BCUT2D eigenvalue weighted by atomic mass is 35.5. The predicted molar refractivity (Wildman–Crippen MR) is 111 cm³/mol. The van der Waals surface area contributed by atoms with Gasteiger partial charge in [-0.1, -0.05) is 76.9 Å². The molecule has 2 aromatic carbocycles. The zero-order valence-corrected chi connectivity index (χ0v) is 17.1.